The molecule has 112 valence electrons. The summed E-state index contributed by atoms with van der Waals surface area (Å²) in [6.45, 7) is 2.25. The van der Waals surface area contributed by atoms with Gasteiger partial charge in [-0.15, -0.1) is 0 Å². The summed E-state index contributed by atoms with van der Waals surface area (Å²) in [7, 11) is 0. The van der Waals surface area contributed by atoms with Crippen molar-refractivity contribution in [1.82, 2.24) is 0 Å². The molecule has 0 spiro atoms. The van der Waals surface area contributed by atoms with Crippen LogP contribution >= 0.6 is 0 Å². The minimum Gasteiger partial charge on any atom is -0.490 e. The van der Waals surface area contributed by atoms with Crippen molar-refractivity contribution in [2.75, 3.05) is 17.7 Å². The minimum atomic E-state index is -0.722. The fourth-order valence-corrected chi connectivity index (χ4v) is 1.78. The fourth-order valence-electron chi connectivity index (χ4n) is 1.78. The predicted molar refractivity (Wildman–Crippen MR) is 76.2 cm³/mol. The molecule has 0 saturated carbocycles. The molecular weight excluding hydrogens is 281 g/mol. The van der Waals surface area contributed by atoms with Crippen LogP contribution in [0.25, 0.3) is 0 Å². The van der Waals surface area contributed by atoms with Crippen LogP contribution in [0.3, 0.4) is 0 Å². The molecule has 6 heteroatoms. The third-order valence-corrected chi connectivity index (χ3v) is 2.71. The normalized spacial score (nSPS) is 10.5. The zero-order valence-electron chi connectivity index (χ0n) is 11.4. The van der Waals surface area contributed by atoms with E-state index in [9.17, 15) is 13.2 Å². The summed E-state index contributed by atoms with van der Waals surface area (Å²) in [5, 5.41) is 2.75. The van der Waals surface area contributed by atoms with Crippen molar-refractivity contribution in [3.8, 4) is 5.75 Å². The highest BCUT2D eigenvalue weighted by molar-refractivity contribution is 5.74. The molecule has 0 unspecified atom stereocenters. The Morgan fingerprint density at radius 1 is 1.05 bits per heavy atom. The number of benzene rings is 2. The predicted octanol–water partition coefficient (Wildman–Crippen LogP) is 4.22. The van der Waals surface area contributed by atoms with Crippen LogP contribution in [0.2, 0.25) is 0 Å². The van der Waals surface area contributed by atoms with Gasteiger partial charge in [-0.1, -0.05) is 6.92 Å². The largest absolute Gasteiger partial charge is 0.490 e. The molecule has 0 aliphatic rings. The van der Waals surface area contributed by atoms with E-state index in [1.807, 2.05) is 6.92 Å². The van der Waals surface area contributed by atoms with Gasteiger partial charge in [0.15, 0.2) is 11.6 Å². The van der Waals surface area contributed by atoms with Crippen molar-refractivity contribution in [3.05, 3.63) is 47.8 Å². The molecule has 0 amide bonds. The molecule has 21 heavy (non-hydrogen) atoms. The maximum Gasteiger partial charge on any atom is 0.167 e. The molecule has 2 rings (SSSR count). The van der Waals surface area contributed by atoms with Gasteiger partial charge in [-0.05, 0) is 18.6 Å². The van der Waals surface area contributed by atoms with Gasteiger partial charge >= 0.3 is 0 Å². The van der Waals surface area contributed by atoms with E-state index < -0.39 is 17.5 Å². The van der Waals surface area contributed by atoms with E-state index in [1.54, 1.807) is 0 Å². The number of halogens is 3. The third kappa shape index (κ3) is 3.81. The second kappa shape index (κ2) is 6.39. The van der Waals surface area contributed by atoms with Crippen LogP contribution in [-0.4, -0.2) is 6.61 Å². The summed E-state index contributed by atoms with van der Waals surface area (Å²) >= 11 is 0. The minimum absolute atomic E-state index is 0.0328. The number of nitrogens with two attached hydrogens (primary N) is 1. The molecule has 3 nitrogen and oxygen atoms in total. The van der Waals surface area contributed by atoms with E-state index in [4.69, 9.17) is 10.5 Å². The summed E-state index contributed by atoms with van der Waals surface area (Å²) < 4.78 is 45.2. The molecule has 0 aliphatic heterocycles. The molecule has 0 aromatic heterocycles. The SMILES string of the molecule is CCCOc1cc(Nc2cc(F)cc(F)c2)c(N)cc1F. The molecular formula is C15H15F3N2O. The van der Waals surface area contributed by atoms with Gasteiger partial charge < -0.3 is 15.8 Å². The third-order valence-electron chi connectivity index (χ3n) is 2.71. The Labute approximate surface area is 120 Å². The molecule has 0 radical (unpaired) electrons. The Bertz CT molecular complexity index is 627. The number of rotatable bonds is 5. The molecule has 0 bridgehead atoms. The van der Waals surface area contributed by atoms with E-state index >= 15 is 0 Å². The van der Waals surface area contributed by atoms with Crippen molar-refractivity contribution in [3.63, 3.8) is 0 Å². The maximum absolute atomic E-state index is 13.7. The topological polar surface area (TPSA) is 47.3 Å². The second-order valence-electron chi connectivity index (χ2n) is 4.50. The molecule has 2 aromatic carbocycles. The Balaban J connectivity index is 2.30. The van der Waals surface area contributed by atoms with Gasteiger partial charge in [0.2, 0.25) is 0 Å². The van der Waals surface area contributed by atoms with E-state index in [0.717, 1.165) is 30.7 Å². The van der Waals surface area contributed by atoms with Gasteiger partial charge in [0.05, 0.1) is 18.0 Å². The number of nitrogen functional groups attached to an aromatic ring is 1. The molecule has 0 aliphatic carbocycles. The van der Waals surface area contributed by atoms with Crippen LogP contribution < -0.4 is 15.8 Å². The molecule has 2 aromatic rings. The Hall–Kier alpha value is -2.37. The lowest BCUT2D eigenvalue weighted by molar-refractivity contribution is 0.301. The van der Waals surface area contributed by atoms with E-state index in [0.29, 0.717) is 12.3 Å². The monoisotopic (exact) mass is 296 g/mol. The highest BCUT2D eigenvalue weighted by Gasteiger charge is 2.10. The zero-order valence-corrected chi connectivity index (χ0v) is 11.4. The van der Waals surface area contributed by atoms with Crippen LogP contribution in [0, 0.1) is 17.5 Å². The number of hydrogen-bond acceptors (Lipinski definition) is 3. The van der Waals surface area contributed by atoms with Crippen LogP contribution in [0.4, 0.5) is 30.2 Å². The van der Waals surface area contributed by atoms with Crippen molar-refractivity contribution in [2.24, 2.45) is 0 Å². The first kappa shape index (κ1) is 15.0. The van der Waals surface area contributed by atoms with E-state index in [-0.39, 0.29) is 17.1 Å². The summed E-state index contributed by atoms with van der Waals surface area (Å²) in [6, 6.07) is 5.44. The first-order valence-corrected chi connectivity index (χ1v) is 6.44. The van der Waals surface area contributed by atoms with E-state index in [2.05, 4.69) is 5.32 Å². The average Bonchev–Trinajstić information content (AvgIpc) is 2.39. The second-order valence-corrected chi connectivity index (χ2v) is 4.50. The number of hydrogen-bond donors (Lipinski definition) is 2. The molecule has 0 saturated heterocycles. The first-order valence-electron chi connectivity index (χ1n) is 6.44. The number of anilines is 3. The van der Waals surface area contributed by atoms with Crippen LogP contribution in [-0.2, 0) is 0 Å². The average molecular weight is 296 g/mol. The number of ether oxygens (including phenoxy) is 1. The van der Waals surface area contributed by atoms with E-state index in [1.165, 1.54) is 6.07 Å². The van der Waals surface area contributed by atoms with Gasteiger partial charge in [-0.3, -0.25) is 0 Å². The smallest absolute Gasteiger partial charge is 0.167 e. The van der Waals surface area contributed by atoms with Crippen LogP contribution in [0.5, 0.6) is 5.75 Å². The first-order chi connectivity index (χ1) is 9.99. The Kier molecular flexibility index (Phi) is 4.57. The van der Waals surface area contributed by atoms with Gasteiger partial charge in [-0.25, -0.2) is 13.2 Å². The van der Waals surface area contributed by atoms with Gasteiger partial charge in [-0.2, -0.15) is 0 Å². The quantitative estimate of drug-likeness (QED) is 0.812. The summed E-state index contributed by atoms with van der Waals surface area (Å²) in [5.74, 6) is -2.00. The standard InChI is InChI=1S/C15H15F3N2O/c1-2-3-21-15-8-14(13(19)7-12(15)18)20-11-5-9(16)4-10(17)6-11/h4-8,20H,2-3,19H2,1H3. The lowest BCUT2D eigenvalue weighted by Gasteiger charge is -2.13. The van der Waals surface area contributed by atoms with Crippen LogP contribution in [0.1, 0.15) is 13.3 Å². The molecule has 0 fully saturated rings. The lowest BCUT2D eigenvalue weighted by atomic mass is 10.2. The lowest BCUT2D eigenvalue weighted by Crippen LogP contribution is -2.02. The van der Waals surface area contributed by atoms with Crippen molar-refractivity contribution in [2.45, 2.75) is 13.3 Å². The summed E-state index contributed by atoms with van der Waals surface area (Å²) in [4.78, 5) is 0. The van der Waals surface area contributed by atoms with Gasteiger partial charge in [0, 0.05) is 23.9 Å². The maximum atomic E-state index is 13.7. The van der Waals surface area contributed by atoms with Crippen molar-refractivity contribution >= 4 is 17.1 Å². The molecule has 0 heterocycles. The number of nitrogens with one attached hydrogen (secondary N) is 1. The summed E-state index contributed by atoms with van der Waals surface area (Å²) in [5.41, 5.74) is 6.30. The Morgan fingerprint density at radius 3 is 2.33 bits per heavy atom. The molecule has 0 atom stereocenters. The van der Waals surface area contributed by atoms with Crippen molar-refractivity contribution < 1.29 is 17.9 Å². The fraction of sp³-hybridized carbons (Fsp3) is 0.200. The van der Waals surface area contributed by atoms with Crippen LogP contribution in [0.15, 0.2) is 30.3 Å². The zero-order chi connectivity index (χ0) is 15.4. The van der Waals surface area contributed by atoms with Crippen molar-refractivity contribution in [1.29, 1.82) is 0 Å². The van der Waals surface area contributed by atoms with Gasteiger partial charge in [0.25, 0.3) is 0 Å². The highest BCUT2D eigenvalue weighted by Crippen LogP contribution is 2.31. The Morgan fingerprint density at radius 2 is 1.71 bits per heavy atom. The summed E-state index contributed by atoms with van der Waals surface area (Å²) in [6.07, 6.45) is 0.724. The van der Waals surface area contributed by atoms with Gasteiger partial charge in [0.1, 0.15) is 11.6 Å². The highest BCUT2D eigenvalue weighted by atomic mass is 19.1. The molecule has 3 N–H and O–H groups in total.